The number of nitrogens with one attached hydrogen (secondary N) is 3. The minimum Gasteiger partial charge on any atom is -0.439 e. The first kappa shape index (κ1) is 20.9. The summed E-state index contributed by atoms with van der Waals surface area (Å²) < 4.78 is 9.27. The molecule has 0 amide bonds. The van der Waals surface area contributed by atoms with E-state index in [1.165, 1.54) is 23.7 Å². The van der Waals surface area contributed by atoms with E-state index in [1.807, 2.05) is 43.3 Å². The van der Waals surface area contributed by atoms with Gasteiger partial charge in [-0.25, -0.2) is 4.98 Å². The normalized spacial score (nSPS) is 17.7. The summed E-state index contributed by atoms with van der Waals surface area (Å²) in [6.07, 6.45) is 4.07. The fourth-order valence-corrected chi connectivity index (χ4v) is 3.99. The maximum atomic E-state index is 7.53. The van der Waals surface area contributed by atoms with Gasteiger partial charge in [0.25, 0.3) is 0 Å². The molecule has 2 atom stereocenters. The molecule has 1 heterocycles. The van der Waals surface area contributed by atoms with Crippen LogP contribution in [0.25, 0.3) is 0 Å². The minimum atomic E-state index is 0.338. The highest BCUT2D eigenvalue weighted by Crippen LogP contribution is 2.54. The van der Waals surface area contributed by atoms with Crippen LogP contribution >= 0.6 is 11.9 Å². The van der Waals surface area contributed by atoms with E-state index in [0.717, 1.165) is 23.4 Å². The van der Waals surface area contributed by atoms with Crippen LogP contribution in [0.1, 0.15) is 35.1 Å². The number of hydrogen-bond acceptors (Lipinski definition) is 7. The molecule has 1 fully saturated rings. The summed E-state index contributed by atoms with van der Waals surface area (Å²) >= 11 is 1.28. The first-order chi connectivity index (χ1) is 15.2. The van der Waals surface area contributed by atoms with Gasteiger partial charge in [-0.1, -0.05) is 48.5 Å². The van der Waals surface area contributed by atoms with E-state index in [9.17, 15) is 0 Å². The zero-order chi connectivity index (χ0) is 21.6. The average molecular weight is 432 g/mol. The number of anilines is 1. The van der Waals surface area contributed by atoms with Crippen molar-refractivity contribution >= 4 is 24.1 Å². The number of rotatable bonds is 9. The summed E-state index contributed by atoms with van der Waals surface area (Å²) in [6, 6.07) is 20.4. The van der Waals surface area contributed by atoms with Gasteiger partial charge < -0.3 is 15.5 Å². The third-order valence-electron chi connectivity index (χ3n) is 5.12. The van der Waals surface area contributed by atoms with E-state index in [1.54, 1.807) is 13.2 Å². The predicted molar refractivity (Wildman–Crippen MR) is 127 cm³/mol. The third kappa shape index (κ3) is 5.24. The van der Waals surface area contributed by atoms with E-state index < -0.39 is 0 Å². The van der Waals surface area contributed by atoms with Crippen LogP contribution in [0.3, 0.4) is 0 Å². The number of para-hydroxylation sites is 1. The Morgan fingerprint density at radius 1 is 1.10 bits per heavy atom. The van der Waals surface area contributed by atoms with E-state index in [2.05, 4.69) is 39.3 Å². The Bertz CT molecular complexity index is 1090. The van der Waals surface area contributed by atoms with Crippen LogP contribution in [0.2, 0.25) is 0 Å². The molecule has 31 heavy (non-hydrogen) atoms. The van der Waals surface area contributed by atoms with Crippen LogP contribution in [0.4, 0.5) is 5.95 Å². The highest BCUT2D eigenvalue weighted by Gasteiger charge is 2.41. The first-order valence-electron chi connectivity index (χ1n) is 10.2. The van der Waals surface area contributed by atoms with Crippen molar-refractivity contribution in [2.45, 2.75) is 25.2 Å². The van der Waals surface area contributed by atoms with Crippen LogP contribution in [0.15, 0.2) is 71.8 Å². The Morgan fingerprint density at radius 2 is 1.87 bits per heavy atom. The van der Waals surface area contributed by atoms with E-state index in [0.29, 0.717) is 28.6 Å². The number of allylic oxidation sites excluding steroid dienone is 1. The summed E-state index contributed by atoms with van der Waals surface area (Å²) in [5, 5.41) is 10.5. The van der Waals surface area contributed by atoms with Crippen molar-refractivity contribution in [3.8, 4) is 11.6 Å². The monoisotopic (exact) mass is 431 g/mol. The maximum absolute atomic E-state index is 7.53. The summed E-state index contributed by atoms with van der Waals surface area (Å²) in [7, 11) is 1.80. The number of ether oxygens (including phenoxy) is 1. The molecule has 1 aliphatic carbocycles. The summed E-state index contributed by atoms with van der Waals surface area (Å²) in [5.74, 6) is 2.55. The van der Waals surface area contributed by atoms with Crippen molar-refractivity contribution in [1.29, 1.82) is 5.41 Å². The number of benzene rings is 2. The topological polar surface area (TPSA) is 82.9 Å². The van der Waals surface area contributed by atoms with Crippen molar-refractivity contribution in [2.24, 2.45) is 0 Å². The third-order valence-corrected chi connectivity index (χ3v) is 5.87. The molecule has 0 spiro atoms. The molecule has 1 aliphatic rings. The second-order valence-corrected chi connectivity index (χ2v) is 8.25. The molecule has 0 radical (unpaired) electrons. The first-order valence-corrected chi connectivity index (χ1v) is 11.0. The van der Waals surface area contributed by atoms with Gasteiger partial charge in [-0.2, -0.15) is 4.98 Å². The van der Waals surface area contributed by atoms with E-state index >= 15 is 0 Å². The highest BCUT2D eigenvalue weighted by atomic mass is 32.2. The van der Waals surface area contributed by atoms with E-state index in [4.69, 9.17) is 15.1 Å². The Labute approximate surface area is 186 Å². The van der Waals surface area contributed by atoms with Crippen LogP contribution < -0.4 is 14.8 Å². The molecule has 4 rings (SSSR count). The standard InChI is InChI=1S/C24H25N5OS/c1-16-8-6-7-11-22(16)30-23-13-21(20-12-19(20)17-9-4-3-5-10-17)27-24(28-23)29-31-18(14-25)15-26-2/h3-11,13-15,19-20,25-26H,12H2,1-2H3,(H,27,28,29)/b18-15+,25-14?. The average Bonchev–Trinajstić information content (AvgIpc) is 3.60. The van der Waals surface area contributed by atoms with Gasteiger partial charge in [0.1, 0.15) is 5.75 Å². The van der Waals surface area contributed by atoms with Gasteiger partial charge >= 0.3 is 0 Å². The zero-order valence-electron chi connectivity index (χ0n) is 17.5. The van der Waals surface area contributed by atoms with Gasteiger partial charge in [0.05, 0.1) is 10.6 Å². The molecule has 0 bridgehead atoms. The lowest BCUT2D eigenvalue weighted by atomic mass is 10.1. The largest absolute Gasteiger partial charge is 0.439 e. The number of nitrogens with zero attached hydrogens (tertiary/aromatic N) is 2. The number of aryl methyl sites for hydroxylation is 1. The molecule has 3 aromatic rings. The van der Waals surface area contributed by atoms with Gasteiger partial charge in [-0.3, -0.25) is 4.72 Å². The van der Waals surface area contributed by atoms with Crippen molar-refractivity contribution in [1.82, 2.24) is 15.3 Å². The fourth-order valence-electron chi connectivity index (χ4n) is 3.45. The highest BCUT2D eigenvalue weighted by molar-refractivity contribution is 8.05. The van der Waals surface area contributed by atoms with Crippen LogP contribution in [0.5, 0.6) is 11.6 Å². The Morgan fingerprint density at radius 3 is 2.61 bits per heavy atom. The fraction of sp³-hybridized carbons (Fsp3) is 0.208. The summed E-state index contributed by atoms with van der Waals surface area (Å²) in [4.78, 5) is 10.0. The predicted octanol–water partition coefficient (Wildman–Crippen LogP) is 5.62. The molecule has 3 N–H and O–H groups in total. The molecule has 0 saturated heterocycles. The molecule has 1 aromatic heterocycles. The molecule has 2 unspecified atom stereocenters. The smallest absolute Gasteiger partial charge is 0.236 e. The minimum absolute atomic E-state index is 0.338. The Kier molecular flexibility index (Phi) is 6.52. The van der Waals surface area contributed by atoms with Crippen LogP contribution in [-0.2, 0) is 0 Å². The molecular formula is C24H25N5OS. The number of aromatic nitrogens is 2. The lowest BCUT2D eigenvalue weighted by Gasteiger charge is -2.12. The second kappa shape index (κ2) is 9.66. The van der Waals surface area contributed by atoms with Crippen molar-refractivity contribution in [3.05, 3.63) is 88.6 Å². The number of hydrogen-bond donors (Lipinski definition) is 3. The van der Waals surface area contributed by atoms with Crippen molar-refractivity contribution < 1.29 is 4.74 Å². The van der Waals surface area contributed by atoms with Crippen LogP contribution in [0, 0.1) is 12.3 Å². The molecule has 0 aliphatic heterocycles. The van der Waals surface area contributed by atoms with E-state index in [-0.39, 0.29) is 0 Å². The maximum Gasteiger partial charge on any atom is 0.236 e. The Hall–Kier alpha value is -3.32. The SMILES string of the molecule is CN/C=C(\C=N)SNc1nc(Oc2ccccc2C)cc(C2CC2c2ccccc2)n1. The lowest BCUT2D eigenvalue weighted by Crippen LogP contribution is -2.03. The van der Waals surface area contributed by atoms with Gasteiger partial charge in [0.15, 0.2) is 0 Å². The molecule has 158 valence electrons. The Balaban J connectivity index is 1.60. The summed E-state index contributed by atoms with van der Waals surface area (Å²) in [5.41, 5.74) is 3.34. The van der Waals surface area contributed by atoms with Gasteiger partial charge in [0, 0.05) is 31.4 Å². The van der Waals surface area contributed by atoms with Crippen LogP contribution in [-0.4, -0.2) is 23.2 Å². The zero-order valence-corrected chi connectivity index (χ0v) is 18.3. The second-order valence-electron chi connectivity index (χ2n) is 7.37. The summed E-state index contributed by atoms with van der Waals surface area (Å²) in [6.45, 7) is 2.01. The van der Waals surface area contributed by atoms with Crippen molar-refractivity contribution in [2.75, 3.05) is 11.8 Å². The van der Waals surface area contributed by atoms with Gasteiger partial charge in [0.2, 0.25) is 11.8 Å². The molecule has 7 heteroatoms. The molecule has 1 saturated carbocycles. The quantitative estimate of drug-likeness (QED) is 0.301. The molecular weight excluding hydrogens is 406 g/mol. The van der Waals surface area contributed by atoms with Gasteiger partial charge in [-0.15, -0.1) is 0 Å². The van der Waals surface area contributed by atoms with Crippen molar-refractivity contribution in [3.63, 3.8) is 0 Å². The molecule has 6 nitrogen and oxygen atoms in total. The van der Waals surface area contributed by atoms with Gasteiger partial charge in [-0.05, 0) is 48.4 Å². The lowest BCUT2D eigenvalue weighted by molar-refractivity contribution is 0.458. The molecule has 2 aromatic carbocycles.